The first-order chi connectivity index (χ1) is 14.5. The molecule has 7 heteroatoms. The Morgan fingerprint density at radius 2 is 2.03 bits per heavy atom. The van der Waals surface area contributed by atoms with Crippen molar-refractivity contribution in [1.29, 1.82) is 0 Å². The van der Waals surface area contributed by atoms with E-state index in [1.165, 1.54) is 12.1 Å². The largest absolute Gasteiger partial charge is 0.496 e. The first-order valence-corrected chi connectivity index (χ1v) is 10.5. The molecule has 2 aliphatic rings. The summed E-state index contributed by atoms with van der Waals surface area (Å²) in [6, 6.07) is 6.25. The number of methoxy groups -OCH3 is 1. The SMILES string of the molecule is COc1cc(N)ncc1C1CCN(C(=O)c2ccc(OCC3CC3C)cc2F)CC1. The van der Waals surface area contributed by atoms with Gasteiger partial charge in [0.15, 0.2) is 0 Å². The maximum Gasteiger partial charge on any atom is 0.256 e. The Bertz CT molecular complexity index is 928. The molecular formula is C23H28FN3O3. The summed E-state index contributed by atoms with van der Waals surface area (Å²) in [6.45, 7) is 3.88. The van der Waals surface area contributed by atoms with Gasteiger partial charge in [-0.3, -0.25) is 4.79 Å². The van der Waals surface area contributed by atoms with Crippen molar-refractivity contribution in [3.8, 4) is 11.5 Å². The number of likely N-dealkylation sites (tertiary alicyclic amines) is 1. The van der Waals surface area contributed by atoms with Crippen LogP contribution in [-0.4, -0.2) is 42.6 Å². The van der Waals surface area contributed by atoms with Gasteiger partial charge in [0.1, 0.15) is 23.1 Å². The van der Waals surface area contributed by atoms with E-state index in [4.69, 9.17) is 15.2 Å². The van der Waals surface area contributed by atoms with Crippen LogP contribution >= 0.6 is 0 Å². The van der Waals surface area contributed by atoms with Crippen LogP contribution in [-0.2, 0) is 0 Å². The van der Waals surface area contributed by atoms with Gasteiger partial charge in [0, 0.05) is 37.0 Å². The number of piperidine rings is 1. The second kappa shape index (κ2) is 8.50. The highest BCUT2D eigenvalue weighted by molar-refractivity contribution is 5.94. The van der Waals surface area contributed by atoms with Crippen LogP contribution in [0.1, 0.15) is 48.0 Å². The summed E-state index contributed by atoms with van der Waals surface area (Å²) in [5.74, 6) is 2.26. The maximum atomic E-state index is 14.6. The Kier molecular flexibility index (Phi) is 5.79. The molecule has 1 saturated carbocycles. The molecule has 2 fully saturated rings. The Morgan fingerprint density at radius 1 is 1.30 bits per heavy atom. The van der Waals surface area contributed by atoms with Gasteiger partial charge in [0.05, 0.1) is 19.3 Å². The smallest absolute Gasteiger partial charge is 0.256 e. The van der Waals surface area contributed by atoms with Gasteiger partial charge in [-0.25, -0.2) is 9.37 Å². The fourth-order valence-electron chi connectivity index (χ4n) is 4.10. The van der Waals surface area contributed by atoms with Crippen LogP contribution in [0, 0.1) is 17.7 Å². The van der Waals surface area contributed by atoms with E-state index in [0.717, 1.165) is 30.6 Å². The molecule has 2 aromatic rings. The van der Waals surface area contributed by atoms with Crippen molar-refractivity contribution in [1.82, 2.24) is 9.88 Å². The van der Waals surface area contributed by atoms with E-state index in [2.05, 4.69) is 11.9 Å². The number of nitrogen functional groups attached to an aromatic ring is 1. The molecule has 2 heterocycles. The predicted molar refractivity (Wildman–Crippen MR) is 112 cm³/mol. The predicted octanol–water partition coefficient (Wildman–Crippen LogP) is 3.87. The Balaban J connectivity index is 1.37. The van der Waals surface area contributed by atoms with Crippen molar-refractivity contribution in [3.63, 3.8) is 0 Å². The van der Waals surface area contributed by atoms with E-state index in [0.29, 0.717) is 43.1 Å². The van der Waals surface area contributed by atoms with Gasteiger partial charge in [0.25, 0.3) is 5.91 Å². The Morgan fingerprint density at radius 3 is 2.67 bits per heavy atom. The van der Waals surface area contributed by atoms with Crippen LogP contribution in [0.2, 0.25) is 0 Å². The number of hydrogen-bond acceptors (Lipinski definition) is 5. The number of rotatable bonds is 6. The minimum atomic E-state index is -0.534. The Labute approximate surface area is 176 Å². The van der Waals surface area contributed by atoms with Crippen molar-refractivity contribution in [2.45, 2.75) is 32.1 Å². The first kappa shape index (κ1) is 20.4. The van der Waals surface area contributed by atoms with Crippen molar-refractivity contribution in [2.24, 2.45) is 11.8 Å². The van der Waals surface area contributed by atoms with E-state index >= 15 is 0 Å². The fraction of sp³-hybridized carbons (Fsp3) is 0.478. The summed E-state index contributed by atoms with van der Waals surface area (Å²) in [4.78, 5) is 18.7. The normalized spacial score (nSPS) is 21.4. The maximum absolute atomic E-state index is 14.6. The summed E-state index contributed by atoms with van der Waals surface area (Å²) in [7, 11) is 1.61. The highest BCUT2D eigenvalue weighted by Gasteiger charge is 2.33. The number of ether oxygens (including phenoxy) is 2. The number of pyridine rings is 1. The zero-order valence-corrected chi connectivity index (χ0v) is 17.4. The number of amides is 1. The average molecular weight is 413 g/mol. The summed E-state index contributed by atoms with van der Waals surface area (Å²) in [5, 5.41) is 0. The van der Waals surface area contributed by atoms with Crippen LogP contribution < -0.4 is 15.2 Å². The van der Waals surface area contributed by atoms with Crippen LogP contribution in [0.25, 0.3) is 0 Å². The molecule has 6 nitrogen and oxygen atoms in total. The lowest BCUT2D eigenvalue weighted by molar-refractivity contribution is 0.0707. The standard InChI is InChI=1S/C23H28FN3O3/c1-14-9-16(14)13-30-17-3-4-18(20(24)10-17)23(28)27-7-5-15(6-8-27)19-12-26-22(25)11-21(19)29-2/h3-4,10-12,14-16H,5-9,13H2,1-2H3,(H2,25,26). The third-order valence-corrected chi connectivity index (χ3v) is 6.27. The lowest BCUT2D eigenvalue weighted by Crippen LogP contribution is -2.38. The third-order valence-electron chi connectivity index (χ3n) is 6.27. The van der Waals surface area contributed by atoms with Gasteiger partial charge < -0.3 is 20.1 Å². The van der Waals surface area contributed by atoms with E-state index in [1.807, 2.05) is 0 Å². The summed E-state index contributed by atoms with van der Waals surface area (Å²) < 4.78 is 25.7. The number of hydrogen-bond donors (Lipinski definition) is 1. The number of nitrogens with zero attached hydrogens (tertiary/aromatic N) is 2. The third kappa shape index (κ3) is 4.35. The molecule has 1 aliphatic carbocycles. The number of nitrogens with two attached hydrogens (primary N) is 1. The fourth-order valence-corrected chi connectivity index (χ4v) is 4.10. The van der Waals surface area contributed by atoms with Crippen molar-refractivity contribution in [2.75, 3.05) is 32.5 Å². The summed E-state index contributed by atoms with van der Waals surface area (Å²) in [6.07, 6.45) is 4.43. The van der Waals surface area contributed by atoms with Gasteiger partial charge in [-0.1, -0.05) is 6.92 Å². The molecule has 1 aliphatic heterocycles. The summed E-state index contributed by atoms with van der Waals surface area (Å²) in [5.41, 5.74) is 6.82. The highest BCUT2D eigenvalue weighted by Crippen LogP contribution is 2.38. The topological polar surface area (TPSA) is 77.7 Å². The quantitative estimate of drug-likeness (QED) is 0.778. The second-order valence-electron chi connectivity index (χ2n) is 8.34. The molecule has 30 heavy (non-hydrogen) atoms. The molecule has 1 aromatic heterocycles. The molecule has 4 rings (SSSR count). The molecule has 2 atom stereocenters. The second-order valence-corrected chi connectivity index (χ2v) is 8.34. The van der Waals surface area contributed by atoms with Crippen LogP contribution in [0.4, 0.5) is 10.2 Å². The molecule has 1 saturated heterocycles. The van der Waals surface area contributed by atoms with Gasteiger partial charge >= 0.3 is 0 Å². The number of aromatic nitrogens is 1. The van der Waals surface area contributed by atoms with E-state index in [9.17, 15) is 9.18 Å². The van der Waals surface area contributed by atoms with Gasteiger partial charge in [-0.05, 0) is 49.1 Å². The number of anilines is 1. The van der Waals surface area contributed by atoms with Crippen LogP contribution in [0.15, 0.2) is 30.5 Å². The minimum Gasteiger partial charge on any atom is -0.496 e. The molecule has 160 valence electrons. The zero-order chi connectivity index (χ0) is 21.3. The summed E-state index contributed by atoms with van der Waals surface area (Å²) >= 11 is 0. The zero-order valence-electron chi connectivity index (χ0n) is 17.4. The molecule has 1 aromatic carbocycles. The number of halogens is 1. The van der Waals surface area contributed by atoms with Gasteiger partial charge in [-0.15, -0.1) is 0 Å². The molecule has 0 spiro atoms. The van der Waals surface area contributed by atoms with E-state index in [-0.39, 0.29) is 17.4 Å². The number of benzene rings is 1. The molecule has 2 unspecified atom stereocenters. The van der Waals surface area contributed by atoms with E-state index in [1.54, 1.807) is 30.3 Å². The Hall–Kier alpha value is -2.83. The molecule has 2 N–H and O–H groups in total. The van der Waals surface area contributed by atoms with Crippen molar-refractivity contribution in [3.05, 3.63) is 47.4 Å². The lowest BCUT2D eigenvalue weighted by atomic mass is 9.89. The van der Waals surface area contributed by atoms with Crippen molar-refractivity contribution < 1.29 is 18.7 Å². The van der Waals surface area contributed by atoms with Gasteiger partial charge in [0.2, 0.25) is 0 Å². The van der Waals surface area contributed by atoms with Gasteiger partial charge in [-0.2, -0.15) is 0 Å². The van der Waals surface area contributed by atoms with Crippen LogP contribution in [0.5, 0.6) is 11.5 Å². The molecule has 0 bridgehead atoms. The molecular weight excluding hydrogens is 385 g/mol. The van der Waals surface area contributed by atoms with Crippen molar-refractivity contribution >= 4 is 11.7 Å². The number of carbonyl (C=O) groups excluding carboxylic acids is 1. The first-order valence-electron chi connectivity index (χ1n) is 10.5. The lowest BCUT2D eigenvalue weighted by Gasteiger charge is -2.32. The molecule has 0 radical (unpaired) electrons. The van der Waals surface area contributed by atoms with Crippen LogP contribution in [0.3, 0.4) is 0 Å². The number of carbonyl (C=O) groups is 1. The molecule has 1 amide bonds. The highest BCUT2D eigenvalue weighted by atomic mass is 19.1. The monoisotopic (exact) mass is 413 g/mol. The minimum absolute atomic E-state index is 0.0901. The average Bonchev–Trinajstić information content (AvgIpc) is 3.47. The van der Waals surface area contributed by atoms with E-state index < -0.39 is 5.82 Å².